The van der Waals surface area contributed by atoms with Crippen molar-refractivity contribution in [3.05, 3.63) is 53.1 Å². The van der Waals surface area contributed by atoms with Crippen molar-refractivity contribution in [2.24, 2.45) is 0 Å². The van der Waals surface area contributed by atoms with Crippen molar-refractivity contribution in [1.82, 2.24) is 5.32 Å². The normalized spacial score (nSPS) is 11.9. The van der Waals surface area contributed by atoms with E-state index in [9.17, 15) is 27.9 Å². The Kier molecular flexibility index (Phi) is 8.41. The number of rotatable bonds is 10. The summed E-state index contributed by atoms with van der Waals surface area (Å²) in [6.45, 7) is 3.32. The number of hydrogen-bond acceptors (Lipinski definition) is 7. The number of ether oxygens (including phenoxy) is 2. The van der Waals surface area contributed by atoms with Gasteiger partial charge in [-0.3, -0.25) is 9.59 Å². The van der Waals surface area contributed by atoms with Gasteiger partial charge in [-0.15, -0.1) is 0 Å². The Morgan fingerprint density at radius 1 is 1.12 bits per heavy atom. The third kappa shape index (κ3) is 6.94. The molecule has 0 aliphatic carbocycles. The topological polar surface area (TPSA) is 148 Å². The quantitative estimate of drug-likeness (QED) is 0.471. The van der Waals surface area contributed by atoms with Gasteiger partial charge in [0, 0.05) is 13.2 Å². The number of carbonyl (C=O) groups is 3. The zero-order chi connectivity index (χ0) is 24.8. The van der Waals surface area contributed by atoms with Gasteiger partial charge in [-0.25, -0.2) is 13.2 Å². The standard InChI is InChI=1S/C22H26N2O8S/c1-5-32-19-11-14(9-10-18(19)31-3)17(12-33(4,29)30)24-21(26)15-7-6-8-16(23-13(2)25)20(15)22(27)28/h6-11,17H,5,12H2,1-4H3,(H,23,25)(H,24,26)(H,27,28)/t17-/m0/s1. The number of sulfone groups is 1. The molecule has 0 fully saturated rings. The summed E-state index contributed by atoms with van der Waals surface area (Å²) in [7, 11) is -2.09. The molecule has 0 radical (unpaired) electrons. The number of carbonyl (C=O) groups excluding carboxylic acids is 2. The highest BCUT2D eigenvalue weighted by atomic mass is 32.2. The number of nitrogens with one attached hydrogen (secondary N) is 2. The van der Waals surface area contributed by atoms with Crippen LogP contribution in [0.3, 0.4) is 0 Å². The summed E-state index contributed by atoms with van der Waals surface area (Å²) in [5.41, 5.74) is -0.267. The molecule has 0 unspecified atom stereocenters. The van der Waals surface area contributed by atoms with E-state index in [2.05, 4.69) is 10.6 Å². The monoisotopic (exact) mass is 478 g/mol. The molecule has 0 spiro atoms. The molecule has 0 aliphatic heterocycles. The van der Waals surface area contributed by atoms with Crippen LogP contribution in [-0.2, 0) is 14.6 Å². The number of carboxylic acids is 1. The number of aromatic carboxylic acids is 1. The van der Waals surface area contributed by atoms with E-state index < -0.39 is 45.0 Å². The van der Waals surface area contributed by atoms with Crippen molar-refractivity contribution < 1.29 is 37.4 Å². The summed E-state index contributed by atoms with van der Waals surface area (Å²) in [5.74, 6) is -2.39. The average Bonchev–Trinajstić information content (AvgIpc) is 2.71. The predicted molar refractivity (Wildman–Crippen MR) is 122 cm³/mol. The molecule has 10 nitrogen and oxygen atoms in total. The molecule has 2 rings (SSSR count). The van der Waals surface area contributed by atoms with Gasteiger partial charge in [0.2, 0.25) is 5.91 Å². The van der Waals surface area contributed by atoms with Gasteiger partial charge in [0.15, 0.2) is 11.5 Å². The molecule has 2 amide bonds. The van der Waals surface area contributed by atoms with E-state index in [0.717, 1.165) is 6.26 Å². The minimum Gasteiger partial charge on any atom is -0.493 e. The number of carboxylic acid groups (broad SMARTS) is 1. The third-order valence-corrected chi connectivity index (χ3v) is 5.44. The van der Waals surface area contributed by atoms with Crippen LogP contribution in [0.5, 0.6) is 11.5 Å². The van der Waals surface area contributed by atoms with Crippen molar-refractivity contribution in [1.29, 1.82) is 0 Å². The Balaban J connectivity index is 2.51. The van der Waals surface area contributed by atoms with Crippen LogP contribution >= 0.6 is 0 Å². The molecule has 0 heterocycles. The maximum Gasteiger partial charge on any atom is 0.338 e. The summed E-state index contributed by atoms with van der Waals surface area (Å²) in [6, 6.07) is 7.77. The lowest BCUT2D eigenvalue weighted by molar-refractivity contribution is -0.114. The highest BCUT2D eigenvalue weighted by Crippen LogP contribution is 2.31. The largest absolute Gasteiger partial charge is 0.493 e. The molecular formula is C22H26N2O8S. The second kappa shape index (κ2) is 10.8. The van der Waals surface area contributed by atoms with E-state index >= 15 is 0 Å². The zero-order valence-electron chi connectivity index (χ0n) is 18.7. The average molecular weight is 479 g/mol. The van der Waals surface area contributed by atoms with Gasteiger partial charge < -0.3 is 25.2 Å². The SMILES string of the molecule is CCOc1cc([C@H](CS(C)(=O)=O)NC(=O)c2cccc(NC(C)=O)c2C(=O)O)ccc1OC. The third-order valence-electron chi connectivity index (χ3n) is 4.50. The first-order chi connectivity index (χ1) is 15.5. The summed E-state index contributed by atoms with van der Waals surface area (Å²) >= 11 is 0. The van der Waals surface area contributed by atoms with Crippen LogP contribution in [0.2, 0.25) is 0 Å². The van der Waals surface area contributed by atoms with Crippen LogP contribution in [0.4, 0.5) is 5.69 Å². The molecule has 2 aromatic rings. The van der Waals surface area contributed by atoms with E-state index in [0.29, 0.717) is 23.7 Å². The smallest absolute Gasteiger partial charge is 0.338 e. The number of benzene rings is 2. The Morgan fingerprint density at radius 3 is 2.36 bits per heavy atom. The number of hydrogen-bond donors (Lipinski definition) is 3. The highest BCUT2D eigenvalue weighted by Gasteiger charge is 2.26. The van der Waals surface area contributed by atoms with E-state index in [1.807, 2.05) is 0 Å². The predicted octanol–water partition coefficient (Wildman–Crippen LogP) is 2.27. The fraction of sp³-hybridized carbons (Fsp3) is 0.318. The number of anilines is 1. The Hall–Kier alpha value is -3.60. The van der Waals surface area contributed by atoms with E-state index in [4.69, 9.17) is 9.47 Å². The van der Waals surface area contributed by atoms with E-state index in [1.54, 1.807) is 25.1 Å². The van der Waals surface area contributed by atoms with Crippen molar-refractivity contribution >= 4 is 33.3 Å². The molecule has 0 aromatic heterocycles. The molecule has 1 atom stereocenters. The van der Waals surface area contributed by atoms with E-state index in [1.165, 1.54) is 32.2 Å². The fourth-order valence-corrected chi connectivity index (χ4v) is 4.09. The van der Waals surface area contributed by atoms with Crippen molar-refractivity contribution in [2.45, 2.75) is 19.9 Å². The van der Waals surface area contributed by atoms with Crippen LogP contribution in [-0.4, -0.2) is 57.0 Å². The summed E-state index contributed by atoms with van der Waals surface area (Å²) < 4.78 is 34.9. The van der Waals surface area contributed by atoms with Gasteiger partial charge in [0.25, 0.3) is 5.91 Å². The van der Waals surface area contributed by atoms with Gasteiger partial charge in [-0.1, -0.05) is 12.1 Å². The molecule has 178 valence electrons. The van der Waals surface area contributed by atoms with Crippen LogP contribution in [0.25, 0.3) is 0 Å². The zero-order valence-corrected chi connectivity index (χ0v) is 19.5. The first-order valence-electron chi connectivity index (χ1n) is 9.90. The molecule has 0 saturated carbocycles. The first-order valence-corrected chi connectivity index (χ1v) is 12.0. The van der Waals surface area contributed by atoms with Crippen LogP contribution < -0.4 is 20.1 Å². The highest BCUT2D eigenvalue weighted by molar-refractivity contribution is 7.90. The molecule has 3 N–H and O–H groups in total. The molecule has 33 heavy (non-hydrogen) atoms. The molecule has 11 heteroatoms. The summed E-state index contributed by atoms with van der Waals surface area (Å²) in [5, 5.41) is 14.6. The molecule has 0 bridgehead atoms. The van der Waals surface area contributed by atoms with Crippen LogP contribution in [0.15, 0.2) is 36.4 Å². The molecule has 2 aromatic carbocycles. The van der Waals surface area contributed by atoms with E-state index in [-0.39, 0.29) is 11.3 Å². The lowest BCUT2D eigenvalue weighted by Gasteiger charge is -2.21. The van der Waals surface area contributed by atoms with Gasteiger partial charge in [0.05, 0.1) is 42.3 Å². The minimum atomic E-state index is -3.55. The fourth-order valence-electron chi connectivity index (χ4n) is 3.20. The Labute approximate surface area is 191 Å². The summed E-state index contributed by atoms with van der Waals surface area (Å²) in [4.78, 5) is 36.3. The molecular weight excluding hydrogens is 452 g/mol. The minimum absolute atomic E-state index is 0.0506. The van der Waals surface area contributed by atoms with Gasteiger partial charge in [-0.05, 0) is 36.8 Å². The Bertz CT molecular complexity index is 1160. The van der Waals surface area contributed by atoms with Gasteiger partial charge in [0.1, 0.15) is 9.84 Å². The second-order valence-corrected chi connectivity index (χ2v) is 9.36. The second-order valence-electron chi connectivity index (χ2n) is 7.18. The van der Waals surface area contributed by atoms with Gasteiger partial charge in [-0.2, -0.15) is 0 Å². The maximum atomic E-state index is 13.1. The lowest BCUT2D eigenvalue weighted by atomic mass is 10.0. The summed E-state index contributed by atoms with van der Waals surface area (Å²) in [6.07, 6.45) is 1.03. The van der Waals surface area contributed by atoms with Crippen LogP contribution in [0, 0.1) is 0 Å². The number of amides is 2. The lowest BCUT2D eigenvalue weighted by Crippen LogP contribution is -2.34. The first kappa shape index (κ1) is 25.7. The number of methoxy groups -OCH3 is 1. The van der Waals surface area contributed by atoms with Crippen LogP contribution in [0.1, 0.15) is 46.2 Å². The Morgan fingerprint density at radius 2 is 1.82 bits per heavy atom. The van der Waals surface area contributed by atoms with Gasteiger partial charge >= 0.3 is 5.97 Å². The van der Waals surface area contributed by atoms with Crippen molar-refractivity contribution in [3.63, 3.8) is 0 Å². The maximum absolute atomic E-state index is 13.1. The van der Waals surface area contributed by atoms with Crippen molar-refractivity contribution in [3.8, 4) is 11.5 Å². The molecule has 0 aliphatic rings. The van der Waals surface area contributed by atoms with Crippen molar-refractivity contribution in [2.75, 3.05) is 31.0 Å². The molecule has 0 saturated heterocycles.